The molecule has 5 nitrogen and oxygen atoms in total. The molecule has 1 rings (SSSR count). The molecule has 1 saturated carbocycles. The molecule has 2 N–H and O–H groups in total. The summed E-state index contributed by atoms with van der Waals surface area (Å²) in [6.07, 6.45) is 2.33. The van der Waals surface area contributed by atoms with Gasteiger partial charge in [-0.25, -0.2) is 13.1 Å². The van der Waals surface area contributed by atoms with Crippen molar-refractivity contribution in [2.24, 2.45) is 0 Å². The minimum Gasteiger partial charge on any atom is -0.389 e. The van der Waals surface area contributed by atoms with Crippen LogP contribution in [0.25, 0.3) is 0 Å². The molecule has 0 amide bonds. The van der Waals surface area contributed by atoms with Gasteiger partial charge in [0.15, 0.2) is 0 Å². The van der Waals surface area contributed by atoms with Gasteiger partial charge in [-0.2, -0.15) is 0 Å². The quantitative estimate of drug-likeness (QED) is 0.634. The van der Waals surface area contributed by atoms with E-state index >= 15 is 0 Å². The van der Waals surface area contributed by atoms with Gasteiger partial charge in [-0.1, -0.05) is 0 Å². The van der Waals surface area contributed by atoms with Crippen LogP contribution in [-0.2, 0) is 14.8 Å². The molecule has 0 unspecified atom stereocenters. The Morgan fingerprint density at radius 3 is 2.57 bits per heavy atom. The van der Waals surface area contributed by atoms with Gasteiger partial charge in [0.2, 0.25) is 10.0 Å². The van der Waals surface area contributed by atoms with Gasteiger partial charge in [0.25, 0.3) is 0 Å². The normalized spacial score (nSPS) is 20.4. The SMILES string of the molecule is COCCS(=O)(=O)NCC1(O)CCC1. The Hall–Kier alpha value is -0.170. The first-order valence-electron chi connectivity index (χ1n) is 4.66. The minimum absolute atomic E-state index is 0.0560. The second-order valence-electron chi connectivity index (χ2n) is 3.71. The average Bonchev–Trinajstić information content (AvgIpc) is 2.09. The van der Waals surface area contributed by atoms with Crippen LogP contribution >= 0.6 is 0 Å². The Labute approximate surface area is 84.5 Å². The molecule has 0 radical (unpaired) electrons. The van der Waals surface area contributed by atoms with Crippen LogP contribution in [0, 0.1) is 0 Å². The molecule has 0 saturated heterocycles. The topological polar surface area (TPSA) is 75.6 Å². The highest BCUT2D eigenvalue weighted by molar-refractivity contribution is 7.89. The van der Waals surface area contributed by atoms with Crippen LogP contribution in [0.15, 0.2) is 0 Å². The Balaban J connectivity index is 2.28. The molecule has 0 aliphatic heterocycles. The summed E-state index contributed by atoms with van der Waals surface area (Å²) in [5.41, 5.74) is -0.805. The number of hydrogen-bond donors (Lipinski definition) is 2. The molecular formula is C8H17NO4S. The molecule has 0 aromatic rings. The van der Waals surface area contributed by atoms with Gasteiger partial charge in [-0.3, -0.25) is 0 Å². The Morgan fingerprint density at radius 1 is 1.50 bits per heavy atom. The molecule has 1 aliphatic carbocycles. The van der Waals surface area contributed by atoms with Crippen molar-refractivity contribution < 1.29 is 18.3 Å². The second kappa shape index (κ2) is 4.57. The molecule has 84 valence electrons. The molecular weight excluding hydrogens is 206 g/mol. The van der Waals surface area contributed by atoms with Crippen LogP contribution in [0.2, 0.25) is 0 Å². The van der Waals surface area contributed by atoms with E-state index in [2.05, 4.69) is 9.46 Å². The summed E-state index contributed by atoms with van der Waals surface area (Å²) in [6, 6.07) is 0. The van der Waals surface area contributed by atoms with Crippen LogP contribution in [0.3, 0.4) is 0 Å². The van der Waals surface area contributed by atoms with Crippen LogP contribution < -0.4 is 4.72 Å². The van der Waals surface area contributed by atoms with E-state index in [1.165, 1.54) is 7.11 Å². The van der Waals surface area contributed by atoms with Crippen molar-refractivity contribution in [3.8, 4) is 0 Å². The Morgan fingerprint density at radius 2 is 2.14 bits per heavy atom. The third-order valence-electron chi connectivity index (χ3n) is 2.46. The van der Waals surface area contributed by atoms with Crippen molar-refractivity contribution in [1.82, 2.24) is 4.72 Å². The fourth-order valence-electron chi connectivity index (χ4n) is 1.27. The van der Waals surface area contributed by atoms with Gasteiger partial charge in [0.1, 0.15) is 0 Å². The molecule has 0 aromatic carbocycles. The molecule has 14 heavy (non-hydrogen) atoms. The maximum atomic E-state index is 11.3. The number of nitrogens with one attached hydrogen (secondary N) is 1. The highest BCUT2D eigenvalue weighted by Crippen LogP contribution is 2.30. The van der Waals surface area contributed by atoms with E-state index in [0.717, 1.165) is 6.42 Å². The molecule has 1 fully saturated rings. The van der Waals surface area contributed by atoms with Crippen molar-refractivity contribution in [3.63, 3.8) is 0 Å². The van der Waals surface area contributed by atoms with Crippen molar-refractivity contribution in [2.75, 3.05) is 26.0 Å². The number of hydrogen-bond acceptors (Lipinski definition) is 4. The van der Waals surface area contributed by atoms with Crippen LogP contribution in [-0.4, -0.2) is 45.1 Å². The number of sulfonamides is 1. The van der Waals surface area contributed by atoms with E-state index in [1.807, 2.05) is 0 Å². The lowest BCUT2D eigenvalue weighted by molar-refractivity contribution is -0.0271. The predicted molar refractivity (Wildman–Crippen MR) is 52.5 cm³/mol. The minimum atomic E-state index is -3.29. The van der Waals surface area contributed by atoms with Gasteiger partial charge in [0.05, 0.1) is 18.0 Å². The average molecular weight is 223 g/mol. The lowest BCUT2D eigenvalue weighted by Crippen LogP contribution is -2.48. The first kappa shape index (κ1) is 11.9. The van der Waals surface area contributed by atoms with Crippen molar-refractivity contribution in [1.29, 1.82) is 0 Å². The van der Waals surface area contributed by atoms with Crippen LogP contribution in [0.4, 0.5) is 0 Å². The van der Waals surface area contributed by atoms with Gasteiger partial charge in [0, 0.05) is 13.7 Å². The lowest BCUT2D eigenvalue weighted by Gasteiger charge is -2.36. The van der Waals surface area contributed by atoms with Crippen LogP contribution in [0.1, 0.15) is 19.3 Å². The molecule has 0 aromatic heterocycles. The van der Waals surface area contributed by atoms with Gasteiger partial charge in [-0.05, 0) is 19.3 Å². The standard InChI is InChI=1S/C8H17NO4S/c1-13-5-6-14(11,12)9-7-8(10)3-2-4-8/h9-10H,2-7H2,1H3. The molecule has 0 heterocycles. The summed E-state index contributed by atoms with van der Waals surface area (Å²) < 4.78 is 29.6. The van der Waals surface area contributed by atoms with Gasteiger partial charge >= 0.3 is 0 Å². The van der Waals surface area contributed by atoms with E-state index in [4.69, 9.17) is 0 Å². The summed E-state index contributed by atoms with van der Waals surface area (Å²) >= 11 is 0. The Bertz CT molecular complexity index is 271. The summed E-state index contributed by atoms with van der Waals surface area (Å²) in [5.74, 6) is -0.0560. The summed E-state index contributed by atoms with van der Waals surface area (Å²) in [4.78, 5) is 0. The molecule has 0 spiro atoms. The van der Waals surface area contributed by atoms with Gasteiger partial charge in [-0.15, -0.1) is 0 Å². The smallest absolute Gasteiger partial charge is 0.213 e. The van der Waals surface area contributed by atoms with E-state index in [9.17, 15) is 13.5 Å². The second-order valence-corrected chi connectivity index (χ2v) is 5.64. The number of aliphatic hydroxyl groups is 1. The zero-order chi connectivity index (χ0) is 10.7. The third kappa shape index (κ3) is 3.53. The monoisotopic (exact) mass is 223 g/mol. The van der Waals surface area contributed by atoms with E-state index in [1.54, 1.807) is 0 Å². The number of methoxy groups -OCH3 is 1. The summed E-state index contributed by atoms with van der Waals surface area (Å²) in [6.45, 7) is 0.298. The predicted octanol–water partition coefficient (Wildman–Crippen LogP) is -0.533. The van der Waals surface area contributed by atoms with E-state index in [-0.39, 0.29) is 18.9 Å². The highest BCUT2D eigenvalue weighted by Gasteiger charge is 2.35. The maximum Gasteiger partial charge on any atom is 0.213 e. The van der Waals surface area contributed by atoms with Crippen molar-refractivity contribution in [3.05, 3.63) is 0 Å². The van der Waals surface area contributed by atoms with Crippen LogP contribution in [0.5, 0.6) is 0 Å². The van der Waals surface area contributed by atoms with Crippen molar-refractivity contribution >= 4 is 10.0 Å². The number of rotatable bonds is 6. The van der Waals surface area contributed by atoms with E-state index < -0.39 is 15.6 Å². The zero-order valence-electron chi connectivity index (χ0n) is 8.32. The zero-order valence-corrected chi connectivity index (χ0v) is 9.14. The fourth-order valence-corrected chi connectivity index (χ4v) is 2.29. The third-order valence-corrected chi connectivity index (χ3v) is 3.75. The fraction of sp³-hybridized carbons (Fsp3) is 1.00. The molecule has 0 atom stereocenters. The molecule has 0 bridgehead atoms. The first-order chi connectivity index (χ1) is 6.47. The number of ether oxygens (including phenoxy) is 1. The Kier molecular flexibility index (Phi) is 3.88. The van der Waals surface area contributed by atoms with E-state index in [0.29, 0.717) is 12.8 Å². The summed E-state index contributed by atoms with van der Waals surface area (Å²) in [5, 5.41) is 9.64. The largest absolute Gasteiger partial charge is 0.389 e. The molecule has 6 heteroatoms. The lowest BCUT2D eigenvalue weighted by atomic mass is 9.81. The summed E-state index contributed by atoms with van der Waals surface area (Å²) in [7, 11) is -1.83. The first-order valence-corrected chi connectivity index (χ1v) is 6.31. The van der Waals surface area contributed by atoms with Gasteiger partial charge < -0.3 is 9.84 Å². The van der Waals surface area contributed by atoms with Crippen molar-refractivity contribution in [2.45, 2.75) is 24.9 Å². The molecule has 1 aliphatic rings. The maximum absolute atomic E-state index is 11.3. The highest BCUT2D eigenvalue weighted by atomic mass is 32.2.